The summed E-state index contributed by atoms with van der Waals surface area (Å²) in [6.45, 7) is 1.87. The van der Waals surface area contributed by atoms with Crippen molar-refractivity contribution in [3.8, 4) is 5.75 Å². The zero-order valence-electron chi connectivity index (χ0n) is 17.9. The first-order valence-electron chi connectivity index (χ1n) is 10.1. The molecule has 172 valence electrons. The standard InChI is InChI=1S/C25H18BrClN2O3S2/c1-15-2-6-17(7-3-15)28-23(30)14-32-19-9-4-16(5-10-19)12-22-24(31)29(25(33)34-22)18-8-11-20(26)21(27)13-18/h2-13H,14H2,1H3,(H,28,30)/b22-12+. The van der Waals surface area contributed by atoms with Crippen LogP contribution < -0.4 is 15.0 Å². The Kier molecular flexibility index (Phi) is 7.73. The number of hydrogen-bond donors (Lipinski definition) is 1. The van der Waals surface area contributed by atoms with Crippen LogP contribution in [0.1, 0.15) is 11.1 Å². The normalized spacial score (nSPS) is 14.6. The summed E-state index contributed by atoms with van der Waals surface area (Å²) in [4.78, 5) is 27.0. The second-order valence-electron chi connectivity index (χ2n) is 7.39. The maximum absolute atomic E-state index is 13.0. The van der Waals surface area contributed by atoms with Gasteiger partial charge in [-0.15, -0.1) is 0 Å². The van der Waals surface area contributed by atoms with Gasteiger partial charge in [0.15, 0.2) is 10.9 Å². The zero-order valence-corrected chi connectivity index (χ0v) is 21.9. The SMILES string of the molecule is Cc1ccc(NC(=O)COc2ccc(/C=C3/SC(=S)N(c4ccc(Br)c(Cl)c4)C3=O)cc2)cc1. The third kappa shape index (κ3) is 5.88. The quantitative estimate of drug-likeness (QED) is 0.259. The molecule has 4 rings (SSSR count). The molecule has 34 heavy (non-hydrogen) atoms. The number of hydrogen-bond acceptors (Lipinski definition) is 5. The molecule has 9 heteroatoms. The van der Waals surface area contributed by atoms with E-state index in [0.29, 0.717) is 25.7 Å². The average molecular weight is 574 g/mol. The van der Waals surface area contributed by atoms with Gasteiger partial charge < -0.3 is 10.1 Å². The third-order valence-electron chi connectivity index (χ3n) is 4.84. The fraction of sp³-hybridized carbons (Fsp3) is 0.0800. The first-order valence-corrected chi connectivity index (χ1v) is 12.5. The number of ether oxygens (including phenoxy) is 1. The molecule has 3 aromatic rings. The molecule has 1 saturated heterocycles. The highest BCUT2D eigenvalue weighted by molar-refractivity contribution is 9.10. The lowest BCUT2D eigenvalue weighted by molar-refractivity contribution is -0.118. The number of aryl methyl sites for hydroxylation is 1. The molecule has 2 amide bonds. The fourth-order valence-corrected chi connectivity index (χ4v) is 4.83. The molecule has 1 fully saturated rings. The number of halogens is 2. The van der Waals surface area contributed by atoms with Gasteiger partial charge in [0.25, 0.3) is 11.8 Å². The maximum Gasteiger partial charge on any atom is 0.270 e. The molecule has 0 atom stereocenters. The molecule has 0 bridgehead atoms. The van der Waals surface area contributed by atoms with Crippen LogP contribution in [0.25, 0.3) is 6.08 Å². The van der Waals surface area contributed by atoms with Gasteiger partial charge in [-0.25, -0.2) is 0 Å². The molecule has 1 heterocycles. The van der Waals surface area contributed by atoms with Crippen molar-refractivity contribution in [1.82, 2.24) is 0 Å². The minimum Gasteiger partial charge on any atom is -0.484 e. The van der Waals surface area contributed by atoms with Crippen LogP contribution in [0.5, 0.6) is 5.75 Å². The molecule has 3 aromatic carbocycles. The van der Waals surface area contributed by atoms with Crippen molar-refractivity contribution in [3.63, 3.8) is 0 Å². The molecule has 0 spiro atoms. The Bertz CT molecular complexity index is 1290. The van der Waals surface area contributed by atoms with Gasteiger partial charge in [0, 0.05) is 10.2 Å². The lowest BCUT2D eigenvalue weighted by Gasteiger charge is -2.15. The summed E-state index contributed by atoms with van der Waals surface area (Å²) < 4.78 is 6.76. The van der Waals surface area contributed by atoms with Gasteiger partial charge in [-0.2, -0.15) is 0 Å². The van der Waals surface area contributed by atoms with Crippen LogP contribution in [-0.2, 0) is 9.59 Å². The van der Waals surface area contributed by atoms with Crippen LogP contribution in [0.2, 0.25) is 5.02 Å². The van der Waals surface area contributed by atoms with E-state index < -0.39 is 0 Å². The van der Waals surface area contributed by atoms with E-state index in [1.165, 1.54) is 16.7 Å². The summed E-state index contributed by atoms with van der Waals surface area (Å²) >= 11 is 16.2. The van der Waals surface area contributed by atoms with Gasteiger partial charge in [0.2, 0.25) is 0 Å². The van der Waals surface area contributed by atoms with Crippen molar-refractivity contribution in [2.24, 2.45) is 0 Å². The number of thioether (sulfide) groups is 1. The first kappa shape index (κ1) is 24.5. The second-order valence-corrected chi connectivity index (χ2v) is 10.3. The van der Waals surface area contributed by atoms with E-state index in [1.807, 2.05) is 43.3 Å². The van der Waals surface area contributed by atoms with Crippen molar-refractivity contribution >= 4 is 85.1 Å². The highest BCUT2D eigenvalue weighted by Crippen LogP contribution is 2.38. The molecule has 0 unspecified atom stereocenters. The Morgan fingerprint density at radius 1 is 1.15 bits per heavy atom. The van der Waals surface area contributed by atoms with Gasteiger partial charge in [-0.05, 0) is 77.0 Å². The van der Waals surface area contributed by atoms with Crippen LogP contribution in [0, 0.1) is 6.92 Å². The Balaban J connectivity index is 1.38. The highest BCUT2D eigenvalue weighted by Gasteiger charge is 2.33. The fourth-order valence-electron chi connectivity index (χ4n) is 3.11. The van der Waals surface area contributed by atoms with Gasteiger partial charge in [-0.1, -0.05) is 65.4 Å². The molecule has 1 N–H and O–H groups in total. The first-order chi connectivity index (χ1) is 16.3. The van der Waals surface area contributed by atoms with E-state index >= 15 is 0 Å². The predicted octanol–water partition coefficient (Wildman–Crippen LogP) is 6.83. The molecular formula is C25H18BrClN2O3S2. The number of benzene rings is 3. The molecule has 0 saturated carbocycles. The third-order valence-corrected chi connectivity index (χ3v) is 7.37. The van der Waals surface area contributed by atoms with Crippen LogP contribution in [0.3, 0.4) is 0 Å². The largest absolute Gasteiger partial charge is 0.484 e. The summed E-state index contributed by atoms with van der Waals surface area (Å²) in [5.41, 5.74) is 3.27. The Labute approximate surface area is 220 Å². The minimum atomic E-state index is -0.246. The smallest absolute Gasteiger partial charge is 0.270 e. The lowest BCUT2D eigenvalue weighted by atomic mass is 10.2. The number of rotatable bonds is 6. The summed E-state index contributed by atoms with van der Waals surface area (Å²) in [6.07, 6.45) is 1.77. The Hall–Kier alpha value is -2.65. The molecular weight excluding hydrogens is 556 g/mol. The number of carbonyl (C=O) groups excluding carboxylic acids is 2. The van der Waals surface area contributed by atoms with Crippen LogP contribution in [-0.4, -0.2) is 22.7 Å². The van der Waals surface area contributed by atoms with Crippen molar-refractivity contribution in [3.05, 3.63) is 92.3 Å². The van der Waals surface area contributed by atoms with Gasteiger partial charge >= 0.3 is 0 Å². The molecule has 5 nitrogen and oxygen atoms in total. The van der Waals surface area contributed by atoms with E-state index in [-0.39, 0.29) is 18.4 Å². The Morgan fingerprint density at radius 2 is 1.85 bits per heavy atom. The number of carbonyl (C=O) groups is 2. The van der Waals surface area contributed by atoms with Gasteiger partial charge in [0.1, 0.15) is 5.75 Å². The van der Waals surface area contributed by atoms with Crippen molar-refractivity contribution in [2.45, 2.75) is 6.92 Å². The molecule has 0 radical (unpaired) electrons. The van der Waals surface area contributed by atoms with Crippen molar-refractivity contribution in [2.75, 3.05) is 16.8 Å². The molecule has 1 aliphatic rings. The van der Waals surface area contributed by atoms with E-state index in [4.69, 9.17) is 28.6 Å². The number of thiocarbonyl (C=S) groups is 1. The molecule has 0 aliphatic carbocycles. The topological polar surface area (TPSA) is 58.6 Å². The summed E-state index contributed by atoms with van der Waals surface area (Å²) in [5.74, 6) is 0.0967. The van der Waals surface area contributed by atoms with Gasteiger partial charge in [0.05, 0.1) is 15.6 Å². The van der Waals surface area contributed by atoms with Crippen molar-refractivity contribution in [1.29, 1.82) is 0 Å². The number of anilines is 2. The average Bonchev–Trinajstić information content (AvgIpc) is 3.09. The minimum absolute atomic E-state index is 0.109. The summed E-state index contributed by atoms with van der Waals surface area (Å²) in [5, 5.41) is 3.29. The van der Waals surface area contributed by atoms with E-state index in [1.54, 1.807) is 36.4 Å². The number of amides is 2. The van der Waals surface area contributed by atoms with Crippen LogP contribution in [0.4, 0.5) is 11.4 Å². The number of nitrogens with zero attached hydrogens (tertiary/aromatic N) is 1. The van der Waals surface area contributed by atoms with E-state index in [2.05, 4.69) is 21.2 Å². The van der Waals surface area contributed by atoms with Gasteiger partial charge in [-0.3, -0.25) is 14.5 Å². The van der Waals surface area contributed by atoms with Crippen LogP contribution in [0.15, 0.2) is 76.1 Å². The van der Waals surface area contributed by atoms with E-state index in [0.717, 1.165) is 21.3 Å². The zero-order chi connectivity index (χ0) is 24.2. The van der Waals surface area contributed by atoms with Crippen molar-refractivity contribution < 1.29 is 14.3 Å². The lowest BCUT2D eigenvalue weighted by Crippen LogP contribution is -2.27. The maximum atomic E-state index is 13.0. The number of nitrogens with one attached hydrogen (secondary N) is 1. The highest BCUT2D eigenvalue weighted by atomic mass is 79.9. The van der Waals surface area contributed by atoms with Crippen LogP contribution >= 0.6 is 51.5 Å². The monoisotopic (exact) mass is 572 g/mol. The predicted molar refractivity (Wildman–Crippen MR) is 147 cm³/mol. The Morgan fingerprint density at radius 3 is 2.53 bits per heavy atom. The molecule has 1 aliphatic heterocycles. The second kappa shape index (κ2) is 10.7. The summed E-state index contributed by atoms with van der Waals surface area (Å²) in [6, 6.07) is 19.9. The molecule has 0 aromatic heterocycles. The van der Waals surface area contributed by atoms with E-state index in [9.17, 15) is 9.59 Å². The summed E-state index contributed by atoms with van der Waals surface area (Å²) in [7, 11) is 0.